The third-order valence-electron chi connectivity index (χ3n) is 4.52. The molecule has 0 spiro atoms. The Morgan fingerprint density at radius 2 is 2.06 bits per heavy atom. The molecule has 14 nitrogen and oxygen atoms in total. The maximum Gasteiger partial charge on any atom is 0.404 e. The number of amides is 3. The number of oxime groups is 1. The number of esters is 2. The maximum absolute atomic E-state index is 12.9. The van der Waals surface area contributed by atoms with Crippen molar-refractivity contribution in [1.29, 1.82) is 0 Å². The lowest BCUT2D eigenvalue weighted by Gasteiger charge is -2.49. The van der Waals surface area contributed by atoms with E-state index in [1.165, 1.54) is 31.2 Å². The highest BCUT2D eigenvalue weighted by Crippen LogP contribution is 2.40. The molecule has 3 heterocycles. The van der Waals surface area contributed by atoms with Crippen molar-refractivity contribution < 1.29 is 47.4 Å². The number of primary amides is 1. The molecule has 2 aliphatic rings. The molecule has 15 heteroatoms. The number of nitrogens with zero attached hydrogens (tertiary/aromatic N) is 2. The Morgan fingerprint density at radius 1 is 1.29 bits per heavy atom. The molecule has 34 heavy (non-hydrogen) atoms. The van der Waals surface area contributed by atoms with E-state index < -0.39 is 48.1 Å². The number of β-lactam (4-membered cyclic amide) rings is 1. The first-order valence-corrected chi connectivity index (χ1v) is 10.6. The van der Waals surface area contributed by atoms with Gasteiger partial charge in [0.05, 0.1) is 6.26 Å². The van der Waals surface area contributed by atoms with Crippen LogP contribution in [0.2, 0.25) is 0 Å². The van der Waals surface area contributed by atoms with Gasteiger partial charge in [0, 0.05) is 18.2 Å². The van der Waals surface area contributed by atoms with Crippen molar-refractivity contribution in [3.05, 3.63) is 35.4 Å². The SMILES string of the molecule is CO/N=C(/C(=O)N[C@@H]1C(=O)N2C(C(=O)OCOC(C)=O)=C(COC(N)=O)CS[C@@H]12)c1ccco1. The summed E-state index contributed by atoms with van der Waals surface area (Å²) in [6, 6.07) is 2.03. The van der Waals surface area contributed by atoms with Crippen LogP contribution in [0.1, 0.15) is 12.7 Å². The molecule has 1 saturated heterocycles. The van der Waals surface area contributed by atoms with Gasteiger partial charge in [-0.15, -0.1) is 11.8 Å². The van der Waals surface area contributed by atoms with Crippen molar-refractivity contribution in [2.24, 2.45) is 10.9 Å². The zero-order valence-corrected chi connectivity index (χ0v) is 18.8. The lowest BCUT2D eigenvalue weighted by Crippen LogP contribution is -2.71. The van der Waals surface area contributed by atoms with Crippen molar-refractivity contribution >= 4 is 47.3 Å². The van der Waals surface area contributed by atoms with Crippen LogP contribution in [0.3, 0.4) is 0 Å². The van der Waals surface area contributed by atoms with Crippen LogP contribution >= 0.6 is 11.8 Å². The van der Waals surface area contributed by atoms with E-state index in [0.717, 1.165) is 11.8 Å². The van der Waals surface area contributed by atoms with Crippen LogP contribution in [0.15, 0.2) is 39.2 Å². The fourth-order valence-electron chi connectivity index (χ4n) is 3.09. The zero-order chi connectivity index (χ0) is 24.8. The second-order valence-corrected chi connectivity index (χ2v) is 7.81. The van der Waals surface area contributed by atoms with Gasteiger partial charge in [0.2, 0.25) is 12.5 Å². The number of carbonyl (C=O) groups excluding carboxylic acids is 5. The topological polar surface area (TPSA) is 189 Å². The number of hydrogen-bond donors (Lipinski definition) is 2. The second kappa shape index (κ2) is 10.7. The van der Waals surface area contributed by atoms with Crippen LogP contribution in [0.5, 0.6) is 0 Å². The molecule has 0 aliphatic carbocycles. The molecule has 1 aromatic rings. The Balaban J connectivity index is 1.78. The molecule has 3 amide bonds. The summed E-state index contributed by atoms with van der Waals surface area (Å²) < 4.78 is 19.4. The number of rotatable bonds is 9. The zero-order valence-electron chi connectivity index (χ0n) is 18.0. The highest BCUT2D eigenvalue weighted by Gasteiger charge is 2.55. The number of nitrogens with two attached hydrogens (primary N) is 1. The van der Waals surface area contributed by atoms with E-state index in [-0.39, 0.29) is 35.1 Å². The normalized spacial score (nSPS) is 19.5. The molecule has 0 radical (unpaired) electrons. The quantitative estimate of drug-likeness (QED) is 0.147. The first-order chi connectivity index (χ1) is 16.2. The standard InChI is InChI=1S/C19H20N4O10S/c1-9(24)32-8-33-18(27)14-10(6-31-19(20)28)7-34-17-13(16(26)23(14)17)21-15(25)12(22-29-2)11-4-3-5-30-11/h3-5,13,17H,6-8H2,1-2H3,(H2,20,28)(H,21,25)/b22-12+/t13-,17+/m1/s1. The van der Waals surface area contributed by atoms with Crippen molar-refractivity contribution in [3.8, 4) is 0 Å². The Morgan fingerprint density at radius 3 is 2.68 bits per heavy atom. The summed E-state index contributed by atoms with van der Waals surface area (Å²) in [7, 11) is 1.25. The number of ether oxygens (including phenoxy) is 3. The number of nitrogens with one attached hydrogen (secondary N) is 1. The van der Waals surface area contributed by atoms with Crippen molar-refractivity contribution in [3.63, 3.8) is 0 Å². The van der Waals surface area contributed by atoms with E-state index in [9.17, 15) is 24.0 Å². The highest BCUT2D eigenvalue weighted by molar-refractivity contribution is 8.00. The van der Waals surface area contributed by atoms with Crippen LogP contribution in [-0.2, 0) is 38.2 Å². The van der Waals surface area contributed by atoms with E-state index in [1.54, 1.807) is 6.07 Å². The molecule has 0 saturated carbocycles. The number of furan rings is 1. The third kappa shape index (κ3) is 5.31. The summed E-state index contributed by atoms with van der Waals surface area (Å²) in [4.78, 5) is 66.1. The van der Waals surface area contributed by atoms with E-state index in [2.05, 4.69) is 20.0 Å². The number of hydrogen-bond acceptors (Lipinski definition) is 12. The van der Waals surface area contributed by atoms with Gasteiger partial charge in [0.25, 0.3) is 11.8 Å². The van der Waals surface area contributed by atoms with Gasteiger partial charge in [-0.3, -0.25) is 19.3 Å². The fourth-order valence-corrected chi connectivity index (χ4v) is 4.42. The second-order valence-electron chi connectivity index (χ2n) is 6.71. The molecule has 182 valence electrons. The summed E-state index contributed by atoms with van der Waals surface area (Å²) >= 11 is 1.21. The number of fused-ring (bicyclic) bond motifs is 1. The molecule has 1 aromatic heterocycles. The van der Waals surface area contributed by atoms with E-state index in [0.29, 0.717) is 0 Å². The fraction of sp³-hybridized carbons (Fsp3) is 0.368. The largest absolute Gasteiger partial charge is 0.462 e. The van der Waals surface area contributed by atoms with Crippen LogP contribution < -0.4 is 11.1 Å². The van der Waals surface area contributed by atoms with Crippen LogP contribution in [0.4, 0.5) is 4.79 Å². The molecular formula is C19H20N4O10S. The minimum Gasteiger partial charge on any atom is -0.462 e. The lowest BCUT2D eigenvalue weighted by atomic mass is 10.0. The van der Waals surface area contributed by atoms with Crippen molar-refractivity contribution in [1.82, 2.24) is 10.2 Å². The van der Waals surface area contributed by atoms with Gasteiger partial charge in [0.15, 0.2) is 5.76 Å². The average Bonchev–Trinajstić information content (AvgIpc) is 3.32. The van der Waals surface area contributed by atoms with Crippen LogP contribution in [0.25, 0.3) is 0 Å². The van der Waals surface area contributed by atoms with Crippen molar-refractivity contribution in [2.75, 3.05) is 26.3 Å². The molecule has 1 fully saturated rings. The summed E-state index contributed by atoms with van der Waals surface area (Å²) in [6.07, 6.45) is 0.269. The lowest BCUT2D eigenvalue weighted by molar-refractivity contribution is -0.166. The molecule has 0 unspecified atom stereocenters. The Bertz CT molecular complexity index is 1050. The molecule has 3 N–H and O–H groups in total. The molecule has 2 aliphatic heterocycles. The molecular weight excluding hydrogens is 476 g/mol. The van der Waals surface area contributed by atoms with Gasteiger partial charge < -0.3 is 34.5 Å². The Hall–Kier alpha value is -4.01. The third-order valence-corrected chi connectivity index (χ3v) is 5.86. The van der Waals surface area contributed by atoms with Gasteiger partial charge in [-0.2, -0.15) is 0 Å². The number of carbonyl (C=O) groups is 5. The van der Waals surface area contributed by atoms with Crippen LogP contribution in [0, 0.1) is 0 Å². The Kier molecular flexibility index (Phi) is 7.78. The van der Waals surface area contributed by atoms with E-state index in [4.69, 9.17) is 19.6 Å². The minimum atomic E-state index is -1.07. The van der Waals surface area contributed by atoms with Crippen LogP contribution in [-0.4, -0.2) is 78.1 Å². The minimum absolute atomic E-state index is 0.125. The summed E-state index contributed by atoms with van der Waals surface area (Å²) in [5, 5.41) is 5.52. The van der Waals surface area contributed by atoms with Gasteiger partial charge in [-0.05, 0) is 12.1 Å². The summed E-state index contributed by atoms with van der Waals surface area (Å²) in [5.74, 6) is -2.74. The molecule has 3 rings (SSSR count). The smallest absolute Gasteiger partial charge is 0.404 e. The van der Waals surface area contributed by atoms with E-state index in [1.807, 2.05) is 0 Å². The monoisotopic (exact) mass is 496 g/mol. The van der Waals surface area contributed by atoms with Gasteiger partial charge in [-0.1, -0.05) is 5.16 Å². The van der Waals surface area contributed by atoms with E-state index >= 15 is 0 Å². The van der Waals surface area contributed by atoms with Gasteiger partial charge in [0.1, 0.15) is 30.8 Å². The first-order valence-electron chi connectivity index (χ1n) is 9.59. The van der Waals surface area contributed by atoms with Gasteiger partial charge in [-0.25, -0.2) is 9.59 Å². The highest BCUT2D eigenvalue weighted by atomic mass is 32.2. The Labute approximate surface area is 196 Å². The van der Waals surface area contributed by atoms with Gasteiger partial charge >= 0.3 is 18.0 Å². The molecule has 0 bridgehead atoms. The number of thioether (sulfide) groups is 1. The summed E-state index contributed by atoms with van der Waals surface area (Å²) in [6.45, 7) is 0.0846. The maximum atomic E-state index is 12.9. The molecule has 0 aromatic carbocycles. The first kappa shape index (κ1) is 24.6. The molecule has 2 atom stereocenters. The summed E-state index contributed by atoms with van der Waals surface area (Å²) in [5.41, 5.74) is 4.87. The van der Waals surface area contributed by atoms with Crippen molar-refractivity contribution in [2.45, 2.75) is 18.3 Å². The predicted molar refractivity (Wildman–Crippen MR) is 113 cm³/mol. The predicted octanol–water partition coefficient (Wildman–Crippen LogP) is -0.557. The average molecular weight is 496 g/mol.